The molecule has 0 amide bonds. The number of aromatic nitrogens is 3. The van der Waals surface area contributed by atoms with Crippen molar-refractivity contribution in [2.24, 2.45) is 0 Å². The van der Waals surface area contributed by atoms with Crippen LogP contribution in [0.5, 0.6) is 6.01 Å². The Bertz CT molecular complexity index is 407. The average molecular weight is 267 g/mol. The van der Waals surface area contributed by atoms with Gasteiger partial charge in [-0.15, -0.1) is 0 Å². The number of anilines is 2. The van der Waals surface area contributed by atoms with Gasteiger partial charge in [0.05, 0.1) is 12.2 Å². The summed E-state index contributed by atoms with van der Waals surface area (Å²) in [5, 5.41) is 6.06. The smallest absolute Gasteiger partial charge is 0.323 e. The summed E-state index contributed by atoms with van der Waals surface area (Å²) in [5.74, 6) is 0.992. The van der Waals surface area contributed by atoms with Crippen LogP contribution in [0, 0.1) is 0 Å². The molecule has 2 rings (SSSR count). The average Bonchev–Trinajstić information content (AvgIpc) is 2.88. The standard InChI is InChI=1S/C12H21N5O2/c1-8(2)19-12-16-10(13-3)15-11(17-12)14-7-9-5-4-6-18-9/h8-9H,4-7H2,1-3H3,(H2,13,14,15,16,17). The van der Waals surface area contributed by atoms with Gasteiger partial charge in [-0.2, -0.15) is 15.0 Å². The number of hydrogen-bond acceptors (Lipinski definition) is 7. The SMILES string of the molecule is CNc1nc(NCC2CCCO2)nc(OC(C)C)n1. The molecule has 106 valence electrons. The third kappa shape index (κ3) is 4.20. The molecular weight excluding hydrogens is 246 g/mol. The molecular formula is C12H21N5O2. The molecule has 1 fully saturated rings. The zero-order valence-corrected chi connectivity index (χ0v) is 11.6. The molecule has 1 saturated heterocycles. The highest BCUT2D eigenvalue weighted by atomic mass is 16.5. The molecule has 0 spiro atoms. The lowest BCUT2D eigenvalue weighted by Crippen LogP contribution is -2.20. The molecule has 1 aliphatic heterocycles. The van der Waals surface area contributed by atoms with Crippen LogP contribution in [0.25, 0.3) is 0 Å². The lowest BCUT2D eigenvalue weighted by atomic mass is 10.2. The van der Waals surface area contributed by atoms with E-state index in [1.807, 2.05) is 13.8 Å². The van der Waals surface area contributed by atoms with E-state index in [9.17, 15) is 0 Å². The van der Waals surface area contributed by atoms with Crippen molar-refractivity contribution >= 4 is 11.9 Å². The second kappa shape index (κ2) is 6.51. The first-order valence-corrected chi connectivity index (χ1v) is 6.63. The molecule has 0 radical (unpaired) electrons. The summed E-state index contributed by atoms with van der Waals surface area (Å²) in [6.45, 7) is 5.41. The fourth-order valence-electron chi connectivity index (χ4n) is 1.82. The van der Waals surface area contributed by atoms with E-state index in [1.165, 1.54) is 0 Å². The van der Waals surface area contributed by atoms with Crippen molar-refractivity contribution in [1.29, 1.82) is 0 Å². The number of rotatable bonds is 6. The molecule has 0 bridgehead atoms. The van der Waals surface area contributed by atoms with E-state index < -0.39 is 0 Å². The Labute approximate surface area is 113 Å². The van der Waals surface area contributed by atoms with Gasteiger partial charge < -0.3 is 20.1 Å². The molecule has 2 N–H and O–H groups in total. The second-order valence-corrected chi connectivity index (χ2v) is 4.70. The number of nitrogens with zero attached hydrogens (tertiary/aromatic N) is 3. The second-order valence-electron chi connectivity index (χ2n) is 4.70. The van der Waals surface area contributed by atoms with E-state index in [-0.39, 0.29) is 12.2 Å². The summed E-state index contributed by atoms with van der Waals surface area (Å²) in [6, 6.07) is 0.323. The lowest BCUT2D eigenvalue weighted by Gasteiger charge is -2.13. The van der Waals surface area contributed by atoms with Crippen LogP contribution in [-0.4, -0.2) is 47.4 Å². The summed E-state index contributed by atoms with van der Waals surface area (Å²) in [6.07, 6.45) is 2.46. The van der Waals surface area contributed by atoms with Crippen LogP contribution in [0.3, 0.4) is 0 Å². The minimum atomic E-state index is 0.0260. The molecule has 1 aliphatic rings. The molecule has 7 heteroatoms. The van der Waals surface area contributed by atoms with Gasteiger partial charge in [-0.05, 0) is 26.7 Å². The highest BCUT2D eigenvalue weighted by molar-refractivity contribution is 5.35. The quantitative estimate of drug-likeness (QED) is 0.803. The zero-order valence-electron chi connectivity index (χ0n) is 11.6. The maximum Gasteiger partial charge on any atom is 0.323 e. The lowest BCUT2D eigenvalue weighted by molar-refractivity contribution is 0.120. The Morgan fingerprint density at radius 3 is 2.74 bits per heavy atom. The van der Waals surface area contributed by atoms with Gasteiger partial charge in [-0.1, -0.05) is 0 Å². The number of hydrogen-bond donors (Lipinski definition) is 2. The zero-order chi connectivity index (χ0) is 13.7. The maximum atomic E-state index is 5.55. The van der Waals surface area contributed by atoms with Crippen LogP contribution in [0.1, 0.15) is 26.7 Å². The predicted molar refractivity (Wildman–Crippen MR) is 72.6 cm³/mol. The van der Waals surface area contributed by atoms with E-state index in [2.05, 4.69) is 25.6 Å². The van der Waals surface area contributed by atoms with Gasteiger partial charge in [0.15, 0.2) is 0 Å². The molecule has 7 nitrogen and oxygen atoms in total. The van der Waals surface area contributed by atoms with Crippen molar-refractivity contribution in [2.75, 3.05) is 30.8 Å². The molecule has 2 heterocycles. The summed E-state index contributed by atoms with van der Waals surface area (Å²) in [7, 11) is 1.76. The van der Waals surface area contributed by atoms with E-state index >= 15 is 0 Å². The van der Waals surface area contributed by atoms with Crippen molar-refractivity contribution in [2.45, 2.75) is 38.9 Å². The van der Waals surface area contributed by atoms with Crippen LogP contribution in [-0.2, 0) is 4.74 Å². The normalized spacial score (nSPS) is 18.6. The maximum absolute atomic E-state index is 5.55. The van der Waals surface area contributed by atoms with E-state index in [1.54, 1.807) is 7.05 Å². The Morgan fingerprint density at radius 2 is 2.11 bits per heavy atom. The van der Waals surface area contributed by atoms with Gasteiger partial charge in [0.2, 0.25) is 11.9 Å². The van der Waals surface area contributed by atoms with Crippen LogP contribution >= 0.6 is 0 Å². The largest absolute Gasteiger partial charge is 0.461 e. The molecule has 0 aromatic carbocycles. The van der Waals surface area contributed by atoms with Crippen molar-refractivity contribution in [3.05, 3.63) is 0 Å². The molecule has 1 atom stereocenters. The summed E-state index contributed by atoms with van der Waals surface area (Å²) in [4.78, 5) is 12.6. The van der Waals surface area contributed by atoms with Crippen LogP contribution in [0.4, 0.5) is 11.9 Å². The molecule has 1 unspecified atom stereocenters. The predicted octanol–water partition coefficient (Wildman–Crippen LogP) is 1.29. The van der Waals surface area contributed by atoms with Crippen LogP contribution in [0.2, 0.25) is 0 Å². The van der Waals surface area contributed by atoms with Gasteiger partial charge >= 0.3 is 6.01 Å². The first-order valence-electron chi connectivity index (χ1n) is 6.63. The fraction of sp³-hybridized carbons (Fsp3) is 0.750. The molecule has 1 aromatic rings. The highest BCUT2D eigenvalue weighted by Crippen LogP contribution is 2.15. The third-order valence-corrected chi connectivity index (χ3v) is 2.69. The molecule has 19 heavy (non-hydrogen) atoms. The summed E-state index contributed by atoms with van der Waals surface area (Å²) < 4.78 is 11.0. The minimum Gasteiger partial charge on any atom is -0.461 e. The first kappa shape index (κ1) is 13.8. The van der Waals surface area contributed by atoms with E-state index in [0.29, 0.717) is 24.5 Å². The Morgan fingerprint density at radius 1 is 1.32 bits per heavy atom. The van der Waals surface area contributed by atoms with E-state index in [4.69, 9.17) is 9.47 Å². The minimum absolute atomic E-state index is 0.0260. The Balaban J connectivity index is 2.00. The van der Waals surface area contributed by atoms with Gasteiger partial charge in [-0.3, -0.25) is 0 Å². The topological polar surface area (TPSA) is 81.2 Å². The monoisotopic (exact) mass is 267 g/mol. The van der Waals surface area contributed by atoms with Gasteiger partial charge in [0, 0.05) is 20.2 Å². The van der Waals surface area contributed by atoms with Gasteiger partial charge in [-0.25, -0.2) is 0 Å². The molecule has 0 saturated carbocycles. The van der Waals surface area contributed by atoms with Gasteiger partial charge in [0.25, 0.3) is 0 Å². The van der Waals surface area contributed by atoms with E-state index in [0.717, 1.165) is 19.4 Å². The molecule has 0 aliphatic carbocycles. The van der Waals surface area contributed by atoms with Crippen molar-refractivity contribution < 1.29 is 9.47 Å². The van der Waals surface area contributed by atoms with Crippen LogP contribution < -0.4 is 15.4 Å². The Kier molecular flexibility index (Phi) is 4.73. The highest BCUT2D eigenvalue weighted by Gasteiger charge is 2.16. The summed E-state index contributed by atoms with van der Waals surface area (Å²) in [5.41, 5.74) is 0. The third-order valence-electron chi connectivity index (χ3n) is 2.69. The fourth-order valence-corrected chi connectivity index (χ4v) is 1.82. The van der Waals surface area contributed by atoms with Crippen molar-refractivity contribution in [1.82, 2.24) is 15.0 Å². The van der Waals surface area contributed by atoms with Crippen molar-refractivity contribution in [3.8, 4) is 6.01 Å². The number of nitrogens with one attached hydrogen (secondary N) is 2. The van der Waals surface area contributed by atoms with Gasteiger partial charge in [0.1, 0.15) is 0 Å². The van der Waals surface area contributed by atoms with Crippen molar-refractivity contribution in [3.63, 3.8) is 0 Å². The first-order chi connectivity index (χ1) is 9.17. The summed E-state index contributed by atoms with van der Waals surface area (Å²) >= 11 is 0. The molecule has 1 aromatic heterocycles. The Hall–Kier alpha value is -1.63. The van der Waals surface area contributed by atoms with Crippen LogP contribution in [0.15, 0.2) is 0 Å². The number of ether oxygens (including phenoxy) is 2.